The van der Waals surface area contributed by atoms with E-state index in [0.29, 0.717) is 36.5 Å². The molecule has 0 aliphatic carbocycles. The summed E-state index contributed by atoms with van der Waals surface area (Å²) in [5, 5.41) is 0. The maximum atomic E-state index is 15.1. The molecule has 196 valence electrons. The fraction of sp³-hybridized carbons (Fsp3) is 0.355. The van der Waals surface area contributed by atoms with Crippen molar-refractivity contribution < 1.29 is 27.4 Å². The number of benzene rings is 3. The lowest BCUT2D eigenvalue weighted by molar-refractivity contribution is -0.189. The van der Waals surface area contributed by atoms with E-state index >= 15 is 4.39 Å². The monoisotopic (exact) mass is 510 g/mol. The van der Waals surface area contributed by atoms with Crippen LogP contribution < -0.4 is 4.74 Å². The number of ether oxygens (including phenoxy) is 3. The van der Waals surface area contributed by atoms with E-state index in [9.17, 15) is 8.78 Å². The van der Waals surface area contributed by atoms with Crippen LogP contribution in [0.1, 0.15) is 50.5 Å². The van der Waals surface area contributed by atoms with Gasteiger partial charge in [-0.1, -0.05) is 62.2 Å². The van der Waals surface area contributed by atoms with Crippen LogP contribution in [0.3, 0.4) is 0 Å². The van der Waals surface area contributed by atoms with E-state index in [0.717, 1.165) is 37.7 Å². The number of allylic oxidation sites excluding steroid dienone is 1. The van der Waals surface area contributed by atoms with Gasteiger partial charge in [0, 0.05) is 23.5 Å². The van der Waals surface area contributed by atoms with Gasteiger partial charge < -0.3 is 14.2 Å². The summed E-state index contributed by atoms with van der Waals surface area (Å²) in [6.07, 6.45) is 5.93. The van der Waals surface area contributed by atoms with Crippen molar-refractivity contribution in [3.63, 3.8) is 0 Å². The van der Waals surface area contributed by atoms with E-state index in [1.807, 2.05) is 12.1 Å². The lowest BCUT2D eigenvalue weighted by atomic mass is 9.95. The molecule has 3 nitrogen and oxygen atoms in total. The Balaban J connectivity index is 1.44. The minimum atomic E-state index is -0.998. The fourth-order valence-electron chi connectivity index (χ4n) is 4.41. The molecule has 0 aromatic heterocycles. The number of hydrogen-bond donors (Lipinski definition) is 0. The molecule has 0 atom stereocenters. The molecule has 37 heavy (non-hydrogen) atoms. The maximum absolute atomic E-state index is 15.1. The van der Waals surface area contributed by atoms with Gasteiger partial charge in [0.25, 0.3) is 0 Å². The van der Waals surface area contributed by atoms with E-state index in [4.69, 9.17) is 14.2 Å². The molecule has 0 N–H and O–H groups in total. The van der Waals surface area contributed by atoms with E-state index in [1.165, 1.54) is 18.2 Å². The molecule has 1 aliphatic heterocycles. The molecule has 1 saturated heterocycles. The van der Waals surface area contributed by atoms with E-state index in [-0.39, 0.29) is 29.3 Å². The van der Waals surface area contributed by atoms with Gasteiger partial charge in [0.2, 0.25) is 5.82 Å². The summed E-state index contributed by atoms with van der Waals surface area (Å²) in [4.78, 5) is 0. The SMILES string of the molecule is C=CCCC1OCC(c2ccc(-c3ccc(-c4ccc(OCCCCC)c(F)c4F)cc3)c(F)c2)CO1. The molecule has 0 radical (unpaired) electrons. The Kier molecular flexibility index (Phi) is 9.42. The Morgan fingerprint density at radius 3 is 2.22 bits per heavy atom. The molecule has 0 bridgehead atoms. The molecule has 6 heteroatoms. The molecule has 3 aromatic carbocycles. The zero-order valence-electron chi connectivity index (χ0n) is 21.2. The fourth-order valence-corrected chi connectivity index (χ4v) is 4.41. The Bertz CT molecular complexity index is 1190. The average molecular weight is 511 g/mol. The van der Waals surface area contributed by atoms with Gasteiger partial charge in [-0.05, 0) is 47.7 Å². The lowest BCUT2D eigenvalue weighted by Crippen LogP contribution is -2.30. The number of unbranched alkanes of at least 4 members (excludes halogenated alkanes) is 2. The van der Waals surface area contributed by atoms with Crippen LogP contribution in [0.2, 0.25) is 0 Å². The van der Waals surface area contributed by atoms with Crippen LogP contribution in [0.5, 0.6) is 5.75 Å². The molecule has 0 amide bonds. The molecule has 1 heterocycles. The third kappa shape index (κ3) is 6.62. The first kappa shape index (κ1) is 27.0. The zero-order chi connectivity index (χ0) is 26.2. The summed E-state index contributed by atoms with van der Waals surface area (Å²) in [7, 11) is 0. The summed E-state index contributed by atoms with van der Waals surface area (Å²) in [6, 6.07) is 14.8. The molecule has 0 saturated carbocycles. The molecular weight excluding hydrogens is 477 g/mol. The molecule has 1 fully saturated rings. The van der Waals surface area contributed by atoms with Crippen LogP contribution in [-0.4, -0.2) is 26.1 Å². The predicted molar refractivity (Wildman–Crippen MR) is 140 cm³/mol. The van der Waals surface area contributed by atoms with Crippen molar-refractivity contribution in [1.29, 1.82) is 0 Å². The summed E-state index contributed by atoms with van der Waals surface area (Å²) in [5.41, 5.74) is 2.51. The maximum Gasteiger partial charge on any atom is 0.201 e. The van der Waals surface area contributed by atoms with Crippen molar-refractivity contribution in [1.82, 2.24) is 0 Å². The van der Waals surface area contributed by atoms with Crippen LogP contribution in [0.15, 0.2) is 67.3 Å². The van der Waals surface area contributed by atoms with E-state index < -0.39 is 11.6 Å². The summed E-state index contributed by atoms with van der Waals surface area (Å²) in [5.74, 6) is -2.44. The third-order valence-corrected chi connectivity index (χ3v) is 6.60. The lowest BCUT2D eigenvalue weighted by Gasteiger charge is -2.29. The van der Waals surface area contributed by atoms with Crippen molar-refractivity contribution >= 4 is 0 Å². The first-order chi connectivity index (χ1) is 18.0. The Morgan fingerprint density at radius 2 is 1.57 bits per heavy atom. The smallest absolute Gasteiger partial charge is 0.201 e. The minimum Gasteiger partial charge on any atom is -0.490 e. The highest BCUT2D eigenvalue weighted by molar-refractivity contribution is 5.71. The number of rotatable bonds is 11. The molecule has 0 spiro atoms. The van der Waals surface area contributed by atoms with Crippen LogP contribution in [0, 0.1) is 17.5 Å². The van der Waals surface area contributed by atoms with Gasteiger partial charge in [-0.15, -0.1) is 6.58 Å². The van der Waals surface area contributed by atoms with Crippen LogP contribution in [-0.2, 0) is 9.47 Å². The van der Waals surface area contributed by atoms with Gasteiger partial charge in [0.1, 0.15) is 5.82 Å². The van der Waals surface area contributed by atoms with Gasteiger partial charge in [0.05, 0.1) is 19.8 Å². The summed E-state index contributed by atoms with van der Waals surface area (Å²) < 4.78 is 61.3. The van der Waals surface area contributed by atoms with E-state index in [1.54, 1.807) is 30.3 Å². The summed E-state index contributed by atoms with van der Waals surface area (Å²) in [6.45, 7) is 7.06. The molecular formula is C31H33F3O3. The van der Waals surface area contributed by atoms with Crippen molar-refractivity contribution in [2.24, 2.45) is 0 Å². The second-order valence-corrected chi connectivity index (χ2v) is 9.27. The average Bonchev–Trinajstić information content (AvgIpc) is 2.92. The third-order valence-electron chi connectivity index (χ3n) is 6.60. The first-order valence-corrected chi connectivity index (χ1v) is 12.9. The Morgan fingerprint density at radius 1 is 0.892 bits per heavy atom. The number of hydrogen-bond acceptors (Lipinski definition) is 3. The first-order valence-electron chi connectivity index (χ1n) is 12.9. The largest absolute Gasteiger partial charge is 0.490 e. The second kappa shape index (κ2) is 12.9. The van der Waals surface area contributed by atoms with Crippen LogP contribution in [0.4, 0.5) is 13.2 Å². The zero-order valence-corrected chi connectivity index (χ0v) is 21.2. The van der Waals surface area contributed by atoms with Crippen molar-refractivity contribution in [3.05, 3.63) is 90.3 Å². The normalized spacial score (nSPS) is 17.5. The molecule has 1 aliphatic rings. The van der Waals surface area contributed by atoms with Gasteiger partial charge >= 0.3 is 0 Å². The highest BCUT2D eigenvalue weighted by Gasteiger charge is 2.24. The summed E-state index contributed by atoms with van der Waals surface area (Å²) >= 11 is 0. The Labute approximate surface area is 216 Å². The van der Waals surface area contributed by atoms with Crippen LogP contribution >= 0.6 is 0 Å². The molecule has 4 rings (SSSR count). The highest BCUT2D eigenvalue weighted by atomic mass is 19.2. The van der Waals surface area contributed by atoms with Crippen molar-refractivity contribution in [3.8, 4) is 28.0 Å². The quantitative estimate of drug-likeness (QED) is 0.191. The molecule has 3 aromatic rings. The van der Waals surface area contributed by atoms with E-state index in [2.05, 4.69) is 13.5 Å². The predicted octanol–water partition coefficient (Wildman–Crippen LogP) is 8.43. The van der Waals surface area contributed by atoms with Gasteiger partial charge in [-0.3, -0.25) is 0 Å². The van der Waals surface area contributed by atoms with Crippen molar-refractivity contribution in [2.45, 2.75) is 51.2 Å². The van der Waals surface area contributed by atoms with Gasteiger partial charge in [-0.2, -0.15) is 4.39 Å². The molecule has 0 unspecified atom stereocenters. The highest BCUT2D eigenvalue weighted by Crippen LogP contribution is 2.33. The van der Waals surface area contributed by atoms with Crippen LogP contribution in [0.25, 0.3) is 22.3 Å². The van der Waals surface area contributed by atoms with Gasteiger partial charge in [0.15, 0.2) is 17.9 Å². The standard InChI is InChI=1S/C31H33F3O3/c1-3-5-7-17-35-28-16-15-26(30(33)31(28)34)22-11-9-21(10-12-22)25-14-13-23(18-27(25)32)24-19-36-29(37-20-24)8-6-4-2/h4,9-16,18,24,29H,2-3,5-8,17,19-20H2,1H3. The number of halogens is 3. The minimum absolute atomic E-state index is 0.0395. The second-order valence-electron chi connectivity index (χ2n) is 9.27. The topological polar surface area (TPSA) is 27.7 Å². The van der Waals surface area contributed by atoms with Gasteiger partial charge in [-0.25, -0.2) is 8.78 Å². The van der Waals surface area contributed by atoms with Crippen molar-refractivity contribution in [2.75, 3.05) is 19.8 Å². The Hall–Kier alpha value is -3.09.